The molecule has 0 saturated heterocycles. The molecule has 0 fully saturated rings. The number of carbonyl (C=O) groups excluding carboxylic acids is 2. The molecule has 1 aliphatic heterocycles. The second kappa shape index (κ2) is 3.93. The molecule has 1 heterocycles. The number of benzene rings is 1. The van der Waals surface area contributed by atoms with Gasteiger partial charge >= 0.3 is 0 Å². The Labute approximate surface area is 94.4 Å². The Bertz CT molecular complexity index is 430. The molecule has 0 saturated carbocycles. The van der Waals surface area contributed by atoms with E-state index in [-0.39, 0.29) is 17.9 Å². The van der Waals surface area contributed by atoms with Crippen molar-refractivity contribution in [3.63, 3.8) is 0 Å². The van der Waals surface area contributed by atoms with Gasteiger partial charge in [-0.2, -0.15) is 0 Å². The lowest BCUT2D eigenvalue weighted by molar-refractivity contribution is 0.0598. The van der Waals surface area contributed by atoms with E-state index in [2.05, 4.69) is 6.58 Å². The van der Waals surface area contributed by atoms with Crippen LogP contribution < -0.4 is 0 Å². The first kappa shape index (κ1) is 10.6. The van der Waals surface area contributed by atoms with Crippen molar-refractivity contribution in [2.45, 2.75) is 19.4 Å². The van der Waals surface area contributed by atoms with Crippen LogP contribution in [0.5, 0.6) is 0 Å². The van der Waals surface area contributed by atoms with Gasteiger partial charge in [0.1, 0.15) is 0 Å². The highest BCUT2D eigenvalue weighted by Crippen LogP contribution is 2.25. The average Bonchev–Trinajstić information content (AvgIpc) is 2.53. The van der Waals surface area contributed by atoms with Crippen LogP contribution in [0.2, 0.25) is 0 Å². The van der Waals surface area contributed by atoms with Gasteiger partial charge in [-0.3, -0.25) is 14.5 Å². The normalized spacial score (nSPS) is 16.2. The molecule has 0 aliphatic carbocycles. The number of imide groups is 1. The summed E-state index contributed by atoms with van der Waals surface area (Å²) < 4.78 is 0. The molecule has 1 aliphatic rings. The number of rotatable bonds is 3. The first-order valence-corrected chi connectivity index (χ1v) is 5.24. The average molecular weight is 215 g/mol. The molecule has 2 rings (SSSR count). The molecule has 3 heteroatoms. The van der Waals surface area contributed by atoms with Gasteiger partial charge in [-0.05, 0) is 25.5 Å². The Kier molecular flexibility index (Phi) is 2.60. The quantitative estimate of drug-likeness (QED) is 0.573. The van der Waals surface area contributed by atoms with Gasteiger partial charge < -0.3 is 0 Å². The van der Waals surface area contributed by atoms with Crippen LogP contribution in [0.1, 0.15) is 34.1 Å². The molecule has 3 nitrogen and oxygen atoms in total. The first-order chi connectivity index (χ1) is 7.66. The molecule has 16 heavy (non-hydrogen) atoms. The van der Waals surface area contributed by atoms with Crippen molar-refractivity contribution in [1.82, 2.24) is 4.90 Å². The summed E-state index contributed by atoms with van der Waals surface area (Å²) in [4.78, 5) is 25.3. The molecule has 0 aromatic heterocycles. The number of fused-ring (bicyclic) bond motifs is 1. The molecule has 0 radical (unpaired) electrons. The Morgan fingerprint density at radius 3 is 2.19 bits per heavy atom. The first-order valence-electron chi connectivity index (χ1n) is 5.24. The van der Waals surface area contributed by atoms with Crippen LogP contribution >= 0.6 is 0 Å². The fourth-order valence-electron chi connectivity index (χ4n) is 1.95. The Morgan fingerprint density at radius 2 is 1.75 bits per heavy atom. The predicted molar refractivity (Wildman–Crippen MR) is 61.2 cm³/mol. The van der Waals surface area contributed by atoms with E-state index in [0.29, 0.717) is 17.5 Å². The van der Waals surface area contributed by atoms with Gasteiger partial charge in [0.25, 0.3) is 11.8 Å². The van der Waals surface area contributed by atoms with Gasteiger partial charge in [0.2, 0.25) is 0 Å². The molecular weight excluding hydrogens is 202 g/mol. The van der Waals surface area contributed by atoms with E-state index < -0.39 is 0 Å². The monoisotopic (exact) mass is 215 g/mol. The Hall–Kier alpha value is -1.90. The van der Waals surface area contributed by atoms with Crippen molar-refractivity contribution in [3.8, 4) is 0 Å². The summed E-state index contributed by atoms with van der Waals surface area (Å²) in [6.07, 6.45) is 2.33. The van der Waals surface area contributed by atoms with Crippen LogP contribution in [0, 0.1) is 0 Å². The highest BCUT2D eigenvalue weighted by molar-refractivity contribution is 6.21. The summed E-state index contributed by atoms with van der Waals surface area (Å²) in [6.45, 7) is 5.47. The zero-order valence-electron chi connectivity index (χ0n) is 9.14. The van der Waals surface area contributed by atoms with Crippen molar-refractivity contribution in [2.24, 2.45) is 0 Å². The maximum absolute atomic E-state index is 12.0. The number of nitrogens with zero attached hydrogens (tertiary/aromatic N) is 1. The van der Waals surface area contributed by atoms with Gasteiger partial charge in [-0.1, -0.05) is 18.2 Å². The standard InChI is InChI=1S/C13H13NO2/c1-3-6-9(2)14-12(15)10-7-4-5-8-11(10)13(14)16/h3-5,7-9H,1,6H2,2H3. The maximum Gasteiger partial charge on any atom is 0.261 e. The molecule has 1 aromatic carbocycles. The third-order valence-electron chi connectivity index (χ3n) is 2.77. The summed E-state index contributed by atoms with van der Waals surface area (Å²) in [7, 11) is 0. The van der Waals surface area contributed by atoms with Crippen LogP contribution in [-0.4, -0.2) is 22.8 Å². The topological polar surface area (TPSA) is 37.4 Å². The van der Waals surface area contributed by atoms with E-state index in [9.17, 15) is 9.59 Å². The largest absolute Gasteiger partial charge is 0.271 e. The van der Waals surface area contributed by atoms with Crippen LogP contribution in [0.4, 0.5) is 0 Å². The SMILES string of the molecule is C=CCC(C)N1C(=O)c2ccccc2C1=O. The summed E-state index contributed by atoms with van der Waals surface area (Å²) in [5.74, 6) is -0.398. The second-order valence-electron chi connectivity index (χ2n) is 3.90. The molecule has 0 spiro atoms. The Morgan fingerprint density at radius 1 is 1.25 bits per heavy atom. The number of hydrogen-bond donors (Lipinski definition) is 0. The van der Waals surface area contributed by atoms with Gasteiger partial charge in [0.05, 0.1) is 11.1 Å². The summed E-state index contributed by atoms with van der Waals surface area (Å²) in [5, 5.41) is 0. The van der Waals surface area contributed by atoms with Gasteiger partial charge in [0, 0.05) is 6.04 Å². The van der Waals surface area contributed by atoms with E-state index in [0.717, 1.165) is 0 Å². The van der Waals surface area contributed by atoms with E-state index >= 15 is 0 Å². The highest BCUT2D eigenvalue weighted by atomic mass is 16.2. The van der Waals surface area contributed by atoms with Crippen LogP contribution in [-0.2, 0) is 0 Å². The molecule has 2 amide bonds. The van der Waals surface area contributed by atoms with Crippen LogP contribution in [0.25, 0.3) is 0 Å². The zero-order valence-corrected chi connectivity index (χ0v) is 9.14. The molecule has 1 atom stereocenters. The van der Waals surface area contributed by atoms with Gasteiger partial charge in [0.15, 0.2) is 0 Å². The van der Waals surface area contributed by atoms with Crippen molar-refractivity contribution >= 4 is 11.8 Å². The van der Waals surface area contributed by atoms with E-state index in [1.54, 1.807) is 30.3 Å². The van der Waals surface area contributed by atoms with Crippen molar-refractivity contribution in [2.75, 3.05) is 0 Å². The van der Waals surface area contributed by atoms with Crippen LogP contribution in [0.15, 0.2) is 36.9 Å². The second-order valence-corrected chi connectivity index (χ2v) is 3.90. The fourth-order valence-corrected chi connectivity index (χ4v) is 1.95. The molecule has 0 N–H and O–H groups in total. The third kappa shape index (κ3) is 1.45. The van der Waals surface area contributed by atoms with Crippen molar-refractivity contribution < 1.29 is 9.59 Å². The van der Waals surface area contributed by atoms with Crippen LogP contribution in [0.3, 0.4) is 0 Å². The Balaban J connectivity index is 2.38. The molecule has 1 unspecified atom stereocenters. The molecule has 1 aromatic rings. The summed E-state index contributed by atoms with van der Waals surface area (Å²) in [6, 6.07) is 6.79. The smallest absolute Gasteiger partial charge is 0.261 e. The predicted octanol–water partition coefficient (Wildman–Crippen LogP) is 2.25. The van der Waals surface area contributed by atoms with Gasteiger partial charge in [-0.25, -0.2) is 0 Å². The van der Waals surface area contributed by atoms with Crippen molar-refractivity contribution in [1.29, 1.82) is 0 Å². The minimum Gasteiger partial charge on any atom is -0.271 e. The fraction of sp³-hybridized carbons (Fsp3) is 0.231. The lowest BCUT2D eigenvalue weighted by Gasteiger charge is -2.20. The van der Waals surface area contributed by atoms with Crippen molar-refractivity contribution in [3.05, 3.63) is 48.0 Å². The third-order valence-corrected chi connectivity index (χ3v) is 2.77. The lowest BCUT2D eigenvalue weighted by Crippen LogP contribution is -2.37. The number of hydrogen-bond acceptors (Lipinski definition) is 2. The lowest BCUT2D eigenvalue weighted by atomic mass is 10.1. The minimum absolute atomic E-state index is 0.134. The number of amides is 2. The summed E-state index contributed by atoms with van der Waals surface area (Å²) in [5.41, 5.74) is 1.01. The van der Waals surface area contributed by atoms with E-state index in [1.807, 2.05) is 6.92 Å². The molecular formula is C13H13NO2. The minimum atomic E-state index is -0.199. The van der Waals surface area contributed by atoms with E-state index in [4.69, 9.17) is 0 Å². The zero-order chi connectivity index (χ0) is 11.7. The highest BCUT2D eigenvalue weighted by Gasteiger charge is 2.37. The van der Waals surface area contributed by atoms with Gasteiger partial charge in [-0.15, -0.1) is 6.58 Å². The molecule has 0 bridgehead atoms. The number of carbonyl (C=O) groups is 2. The summed E-state index contributed by atoms with van der Waals surface area (Å²) >= 11 is 0. The maximum atomic E-state index is 12.0. The molecule has 82 valence electrons. The van der Waals surface area contributed by atoms with E-state index in [1.165, 1.54) is 4.90 Å².